The molecule has 0 spiro atoms. The molecule has 0 aromatic heterocycles. The van der Waals surface area contributed by atoms with Crippen molar-refractivity contribution in [3.8, 4) is 5.75 Å². The Morgan fingerprint density at radius 2 is 1.65 bits per heavy atom. The van der Waals surface area contributed by atoms with Crippen molar-refractivity contribution < 1.29 is 4.74 Å². The maximum atomic E-state index is 6.13. The molecule has 1 aromatic carbocycles. The van der Waals surface area contributed by atoms with Crippen LogP contribution in [0.3, 0.4) is 0 Å². The minimum absolute atomic E-state index is 0.215. The molecule has 3 nitrogen and oxygen atoms in total. The zero-order chi connectivity index (χ0) is 16.0. The summed E-state index contributed by atoms with van der Waals surface area (Å²) in [6, 6.07) is 8.76. The van der Waals surface area contributed by atoms with E-state index in [1.54, 1.807) is 0 Å². The van der Waals surface area contributed by atoms with Crippen molar-refractivity contribution in [2.24, 2.45) is 5.73 Å². The summed E-state index contributed by atoms with van der Waals surface area (Å²) < 4.78 is 5.92. The van der Waals surface area contributed by atoms with Crippen LogP contribution in [0.1, 0.15) is 56.9 Å². The molecule has 0 amide bonds. The van der Waals surface area contributed by atoms with Crippen LogP contribution in [0, 0.1) is 0 Å². The van der Waals surface area contributed by atoms with Crippen LogP contribution < -0.4 is 10.5 Å². The van der Waals surface area contributed by atoms with Gasteiger partial charge in [0.05, 0.1) is 6.61 Å². The number of nitrogens with zero attached hydrogens (tertiary/aromatic N) is 1. The quantitative estimate of drug-likeness (QED) is 0.779. The van der Waals surface area contributed by atoms with E-state index in [1.165, 1.54) is 70.1 Å². The highest BCUT2D eigenvalue weighted by molar-refractivity contribution is 5.33. The number of rotatable bonds is 7. The van der Waals surface area contributed by atoms with Gasteiger partial charge in [0.2, 0.25) is 0 Å². The maximum absolute atomic E-state index is 6.13. The number of likely N-dealkylation sites (tertiary alicyclic amines) is 1. The predicted octanol–water partition coefficient (Wildman–Crippen LogP) is 3.71. The second-order valence-corrected chi connectivity index (χ2v) is 7.32. The van der Waals surface area contributed by atoms with Crippen LogP contribution >= 0.6 is 0 Å². The molecule has 1 saturated heterocycles. The first-order chi connectivity index (χ1) is 11.3. The molecule has 0 radical (unpaired) electrons. The highest BCUT2D eigenvalue weighted by atomic mass is 16.5. The van der Waals surface area contributed by atoms with E-state index in [0.717, 1.165) is 25.3 Å². The fourth-order valence-electron chi connectivity index (χ4n) is 4.23. The molecule has 128 valence electrons. The van der Waals surface area contributed by atoms with E-state index >= 15 is 0 Å². The van der Waals surface area contributed by atoms with E-state index < -0.39 is 0 Å². The average Bonchev–Trinajstić information content (AvgIpc) is 3.13. The van der Waals surface area contributed by atoms with Crippen LogP contribution in [0.4, 0.5) is 0 Å². The number of nitrogens with two attached hydrogens (primary N) is 1. The molecule has 0 bridgehead atoms. The molecule has 0 unspecified atom stereocenters. The lowest BCUT2D eigenvalue weighted by Crippen LogP contribution is -2.37. The van der Waals surface area contributed by atoms with E-state index in [9.17, 15) is 0 Å². The Morgan fingerprint density at radius 1 is 0.957 bits per heavy atom. The third kappa shape index (κ3) is 4.27. The first-order valence-electron chi connectivity index (χ1n) is 9.48. The minimum atomic E-state index is 0.215. The fraction of sp³-hybridized carbons (Fsp3) is 0.700. The Labute approximate surface area is 141 Å². The summed E-state index contributed by atoms with van der Waals surface area (Å²) in [5, 5.41) is 0. The van der Waals surface area contributed by atoms with Crippen LogP contribution in [-0.2, 0) is 5.41 Å². The van der Waals surface area contributed by atoms with Crippen molar-refractivity contribution in [2.75, 3.05) is 32.8 Å². The van der Waals surface area contributed by atoms with Crippen molar-refractivity contribution in [1.29, 1.82) is 0 Å². The number of ether oxygens (including phenoxy) is 1. The second kappa shape index (κ2) is 8.16. The Kier molecular flexibility index (Phi) is 5.96. The van der Waals surface area contributed by atoms with Gasteiger partial charge in [-0.1, -0.05) is 31.4 Å². The van der Waals surface area contributed by atoms with E-state index in [2.05, 4.69) is 29.2 Å². The molecule has 1 heterocycles. The van der Waals surface area contributed by atoms with Crippen LogP contribution in [-0.4, -0.2) is 37.7 Å². The molecule has 3 rings (SSSR count). The summed E-state index contributed by atoms with van der Waals surface area (Å²) in [5.74, 6) is 0.998. The largest absolute Gasteiger partial charge is 0.494 e. The zero-order valence-electron chi connectivity index (χ0n) is 14.4. The van der Waals surface area contributed by atoms with E-state index in [0.29, 0.717) is 0 Å². The fourth-order valence-corrected chi connectivity index (χ4v) is 4.23. The SMILES string of the molecule is NCC1(c2ccc(OCCCN3CCCC3)cc2)CCCCC1. The van der Waals surface area contributed by atoms with Gasteiger partial charge in [-0.3, -0.25) is 0 Å². The summed E-state index contributed by atoms with van der Waals surface area (Å²) in [4.78, 5) is 2.54. The van der Waals surface area contributed by atoms with E-state index in [4.69, 9.17) is 10.5 Å². The molecule has 2 N–H and O–H groups in total. The highest BCUT2D eigenvalue weighted by Crippen LogP contribution is 2.39. The molecule has 1 aromatic rings. The predicted molar refractivity (Wildman–Crippen MR) is 96.0 cm³/mol. The van der Waals surface area contributed by atoms with Crippen LogP contribution in [0.15, 0.2) is 24.3 Å². The molecule has 1 saturated carbocycles. The van der Waals surface area contributed by atoms with Gasteiger partial charge in [0.15, 0.2) is 0 Å². The zero-order valence-corrected chi connectivity index (χ0v) is 14.4. The van der Waals surface area contributed by atoms with Crippen LogP contribution in [0.25, 0.3) is 0 Å². The molecule has 1 aliphatic heterocycles. The normalized spacial score (nSPS) is 21.4. The summed E-state index contributed by atoms with van der Waals surface area (Å²) in [7, 11) is 0. The van der Waals surface area contributed by atoms with Crippen molar-refractivity contribution in [3.05, 3.63) is 29.8 Å². The lowest BCUT2D eigenvalue weighted by atomic mass is 9.69. The Balaban J connectivity index is 1.48. The third-order valence-electron chi connectivity index (χ3n) is 5.75. The molecular weight excluding hydrogens is 284 g/mol. The minimum Gasteiger partial charge on any atom is -0.494 e. The molecular formula is C20H32N2O. The first-order valence-corrected chi connectivity index (χ1v) is 9.48. The van der Waals surface area contributed by atoms with Gasteiger partial charge in [0.1, 0.15) is 5.75 Å². The van der Waals surface area contributed by atoms with Gasteiger partial charge in [-0.2, -0.15) is 0 Å². The summed E-state index contributed by atoms with van der Waals surface area (Å²) in [6.07, 6.45) is 10.3. The molecule has 0 atom stereocenters. The first kappa shape index (κ1) is 16.8. The van der Waals surface area contributed by atoms with Gasteiger partial charge >= 0.3 is 0 Å². The Morgan fingerprint density at radius 3 is 2.30 bits per heavy atom. The summed E-state index contributed by atoms with van der Waals surface area (Å²) in [5.41, 5.74) is 7.75. The smallest absolute Gasteiger partial charge is 0.119 e. The van der Waals surface area contributed by atoms with E-state index in [-0.39, 0.29) is 5.41 Å². The Hall–Kier alpha value is -1.06. The van der Waals surface area contributed by atoms with Gasteiger partial charge < -0.3 is 15.4 Å². The highest BCUT2D eigenvalue weighted by Gasteiger charge is 2.32. The standard InChI is InChI=1S/C20H32N2O/c21-17-20(11-2-1-3-12-20)18-7-9-19(10-8-18)23-16-6-15-22-13-4-5-14-22/h7-10H,1-6,11-17,21H2. The monoisotopic (exact) mass is 316 g/mol. The van der Waals surface area contributed by atoms with Crippen molar-refractivity contribution in [3.63, 3.8) is 0 Å². The number of hydrogen-bond acceptors (Lipinski definition) is 3. The topological polar surface area (TPSA) is 38.5 Å². The average molecular weight is 316 g/mol. The van der Waals surface area contributed by atoms with Gasteiger partial charge in [-0.15, -0.1) is 0 Å². The van der Waals surface area contributed by atoms with Gasteiger partial charge in [0, 0.05) is 18.5 Å². The number of hydrogen-bond donors (Lipinski definition) is 1. The summed E-state index contributed by atoms with van der Waals surface area (Å²) in [6.45, 7) is 5.31. The van der Waals surface area contributed by atoms with Gasteiger partial charge in [-0.25, -0.2) is 0 Å². The lowest BCUT2D eigenvalue weighted by molar-refractivity contribution is 0.263. The molecule has 2 aliphatic rings. The molecule has 23 heavy (non-hydrogen) atoms. The van der Waals surface area contributed by atoms with Gasteiger partial charge in [-0.05, 0) is 62.9 Å². The van der Waals surface area contributed by atoms with Crippen molar-refractivity contribution in [1.82, 2.24) is 4.90 Å². The van der Waals surface area contributed by atoms with Crippen molar-refractivity contribution in [2.45, 2.75) is 56.8 Å². The number of benzene rings is 1. The Bertz CT molecular complexity index is 459. The van der Waals surface area contributed by atoms with Crippen LogP contribution in [0.5, 0.6) is 5.75 Å². The van der Waals surface area contributed by atoms with Crippen molar-refractivity contribution >= 4 is 0 Å². The third-order valence-corrected chi connectivity index (χ3v) is 5.75. The van der Waals surface area contributed by atoms with Gasteiger partial charge in [0.25, 0.3) is 0 Å². The molecule has 3 heteroatoms. The van der Waals surface area contributed by atoms with Crippen LogP contribution in [0.2, 0.25) is 0 Å². The summed E-state index contributed by atoms with van der Waals surface area (Å²) >= 11 is 0. The second-order valence-electron chi connectivity index (χ2n) is 7.32. The lowest BCUT2D eigenvalue weighted by Gasteiger charge is -2.36. The molecule has 2 fully saturated rings. The molecule has 1 aliphatic carbocycles. The maximum Gasteiger partial charge on any atom is 0.119 e. The van der Waals surface area contributed by atoms with E-state index in [1.807, 2.05) is 0 Å².